The Bertz CT molecular complexity index is 701. The van der Waals surface area contributed by atoms with Gasteiger partial charge in [0.15, 0.2) is 0 Å². The van der Waals surface area contributed by atoms with Crippen LogP contribution in [0, 0.1) is 0 Å². The molecule has 0 aromatic heterocycles. The third kappa shape index (κ3) is 4.33. The Labute approximate surface area is 134 Å². The molecule has 2 aromatic rings. The fourth-order valence-corrected chi connectivity index (χ4v) is 2.40. The number of hydrogen-bond acceptors (Lipinski definition) is 2. The number of nitrogens with one attached hydrogen (secondary N) is 1. The van der Waals surface area contributed by atoms with Gasteiger partial charge in [-0.2, -0.15) is 0 Å². The normalized spacial score (nSPS) is 11.7. The molecular weight excluding hydrogens is 300 g/mol. The van der Waals surface area contributed by atoms with Gasteiger partial charge in [0.05, 0.1) is 0 Å². The molecule has 0 radical (unpaired) electrons. The molecule has 22 heavy (non-hydrogen) atoms. The molecule has 2 aromatic carbocycles. The highest BCUT2D eigenvalue weighted by Crippen LogP contribution is 2.12. The largest absolute Gasteiger partial charge is 0.366 e. The standard InChI is InChI=1S/C17H17ClN2O2/c1-11(8-12-4-2-7-15(18)9-12)20-17(22)14-6-3-5-13(10-14)16(19)21/h2-7,9-11H,8H2,1H3,(H2,19,21)(H,20,22)/t11-/m1/s1. The van der Waals surface area contributed by atoms with Crippen LogP contribution >= 0.6 is 11.6 Å². The zero-order chi connectivity index (χ0) is 16.1. The van der Waals surface area contributed by atoms with Crippen LogP contribution in [0.25, 0.3) is 0 Å². The molecule has 0 aliphatic heterocycles. The second-order valence-electron chi connectivity index (χ2n) is 5.15. The van der Waals surface area contributed by atoms with E-state index >= 15 is 0 Å². The van der Waals surface area contributed by atoms with E-state index in [1.807, 2.05) is 31.2 Å². The molecular formula is C17H17ClN2O2. The van der Waals surface area contributed by atoms with Crippen LogP contribution in [0.3, 0.4) is 0 Å². The van der Waals surface area contributed by atoms with Gasteiger partial charge < -0.3 is 11.1 Å². The Hall–Kier alpha value is -2.33. The lowest BCUT2D eigenvalue weighted by atomic mass is 10.1. The summed E-state index contributed by atoms with van der Waals surface area (Å²) in [5.74, 6) is -0.792. The number of nitrogens with two attached hydrogens (primary N) is 1. The number of halogens is 1. The van der Waals surface area contributed by atoms with E-state index in [1.54, 1.807) is 18.2 Å². The lowest BCUT2D eigenvalue weighted by molar-refractivity contribution is 0.0940. The molecule has 0 heterocycles. The van der Waals surface area contributed by atoms with Crippen molar-refractivity contribution >= 4 is 23.4 Å². The molecule has 0 aliphatic rings. The second kappa shape index (κ2) is 7.09. The van der Waals surface area contributed by atoms with Crippen molar-refractivity contribution in [1.82, 2.24) is 5.32 Å². The number of hydrogen-bond donors (Lipinski definition) is 2. The van der Waals surface area contributed by atoms with Crippen molar-refractivity contribution in [3.05, 3.63) is 70.2 Å². The monoisotopic (exact) mass is 316 g/mol. The number of carbonyl (C=O) groups excluding carboxylic acids is 2. The van der Waals surface area contributed by atoms with E-state index in [-0.39, 0.29) is 11.9 Å². The number of rotatable bonds is 5. The first-order valence-corrected chi connectivity index (χ1v) is 7.28. The van der Waals surface area contributed by atoms with E-state index in [0.717, 1.165) is 5.56 Å². The molecule has 3 N–H and O–H groups in total. The highest BCUT2D eigenvalue weighted by Gasteiger charge is 2.12. The van der Waals surface area contributed by atoms with Crippen LogP contribution in [0.4, 0.5) is 0 Å². The molecule has 114 valence electrons. The molecule has 0 spiro atoms. The van der Waals surface area contributed by atoms with Gasteiger partial charge in [-0.3, -0.25) is 9.59 Å². The predicted octanol–water partition coefficient (Wildman–Crippen LogP) is 2.80. The summed E-state index contributed by atoms with van der Waals surface area (Å²) < 4.78 is 0. The third-order valence-electron chi connectivity index (χ3n) is 3.22. The average Bonchev–Trinajstić information content (AvgIpc) is 2.47. The summed E-state index contributed by atoms with van der Waals surface area (Å²) in [4.78, 5) is 23.3. The molecule has 0 unspecified atom stereocenters. The van der Waals surface area contributed by atoms with Crippen molar-refractivity contribution in [2.45, 2.75) is 19.4 Å². The van der Waals surface area contributed by atoms with Gasteiger partial charge in [0, 0.05) is 22.2 Å². The number of benzene rings is 2. The zero-order valence-corrected chi connectivity index (χ0v) is 12.9. The van der Waals surface area contributed by atoms with E-state index < -0.39 is 5.91 Å². The van der Waals surface area contributed by atoms with Gasteiger partial charge in [-0.05, 0) is 49.2 Å². The number of amides is 2. The zero-order valence-electron chi connectivity index (χ0n) is 12.2. The molecule has 0 saturated carbocycles. The highest BCUT2D eigenvalue weighted by atomic mass is 35.5. The molecule has 0 aliphatic carbocycles. The molecule has 2 rings (SSSR count). The number of primary amides is 1. The topological polar surface area (TPSA) is 72.2 Å². The van der Waals surface area contributed by atoms with Crippen molar-refractivity contribution in [2.24, 2.45) is 5.73 Å². The van der Waals surface area contributed by atoms with Crippen molar-refractivity contribution in [3.63, 3.8) is 0 Å². The van der Waals surface area contributed by atoms with Crippen LogP contribution in [0.15, 0.2) is 48.5 Å². The molecule has 0 bridgehead atoms. The van der Waals surface area contributed by atoms with Gasteiger partial charge >= 0.3 is 0 Å². The molecule has 0 fully saturated rings. The number of carbonyl (C=O) groups is 2. The first-order valence-electron chi connectivity index (χ1n) is 6.91. The smallest absolute Gasteiger partial charge is 0.251 e. The first kappa shape index (κ1) is 16.0. The minimum Gasteiger partial charge on any atom is -0.366 e. The maximum Gasteiger partial charge on any atom is 0.251 e. The Morgan fingerprint density at radius 2 is 1.82 bits per heavy atom. The second-order valence-corrected chi connectivity index (χ2v) is 5.59. The van der Waals surface area contributed by atoms with Crippen LogP contribution in [-0.4, -0.2) is 17.9 Å². The fourth-order valence-electron chi connectivity index (χ4n) is 2.19. The van der Waals surface area contributed by atoms with E-state index in [4.69, 9.17) is 17.3 Å². The Morgan fingerprint density at radius 1 is 1.14 bits per heavy atom. The van der Waals surface area contributed by atoms with Crippen LogP contribution in [0.2, 0.25) is 5.02 Å². The van der Waals surface area contributed by atoms with Gasteiger partial charge in [0.25, 0.3) is 5.91 Å². The van der Waals surface area contributed by atoms with Crippen molar-refractivity contribution < 1.29 is 9.59 Å². The minimum atomic E-state index is -0.554. The highest BCUT2D eigenvalue weighted by molar-refractivity contribution is 6.30. The molecule has 1 atom stereocenters. The Kier molecular flexibility index (Phi) is 5.17. The van der Waals surface area contributed by atoms with E-state index in [0.29, 0.717) is 22.6 Å². The molecule has 5 heteroatoms. The third-order valence-corrected chi connectivity index (χ3v) is 3.45. The summed E-state index contributed by atoms with van der Waals surface area (Å²) in [6, 6.07) is 13.8. The summed E-state index contributed by atoms with van der Waals surface area (Å²) in [6.07, 6.45) is 0.668. The lowest BCUT2D eigenvalue weighted by Crippen LogP contribution is -2.34. The quantitative estimate of drug-likeness (QED) is 0.890. The van der Waals surface area contributed by atoms with Crippen LogP contribution in [-0.2, 0) is 6.42 Å². The molecule has 4 nitrogen and oxygen atoms in total. The molecule has 2 amide bonds. The average molecular weight is 317 g/mol. The maximum atomic E-state index is 12.2. The van der Waals surface area contributed by atoms with Gasteiger partial charge in [-0.1, -0.05) is 29.8 Å². The van der Waals surface area contributed by atoms with E-state index in [9.17, 15) is 9.59 Å². The van der Waals surface area contributed by atoms with Crippen LogP contribution in [0.1, 0.15) is 33.2 Å². The lowest BCUT2D eigenvalue weighted by Gasteiger charge is -2.14. The summed E-state index contributed by atoms with van der Waals surface area (Å²) in [6.45, 7) is 1.91. The fraction of sp³-hybridized carbons (Fsp3) is 0.176. The summed E-state index contributed by atoms with van der Waals surface area (Å²) in [7, 11) is 0. The SMILES string of the molecule is C[C@H](Cc1cccc(Cl)c1)NC(=O)c1cccc(C(N)=O)c1. The van der Waals surface area contributed by atoms with Crippen molar-refractivity contribution in [3.8, 4) is 0 Å². The first-order chi connectivity index (χ1) is 10.5. The minimum absolute atomic E-state index is 0.0665. The Balaban J connectivity index is 2.02. The van der Waals surface area contributed by atoms with E-state index in [2.05, 4.69) is 5.32 Å². The van der Waals surface area contributed by atoms with Gasteiger partial charge in [0.2, 0.25) is 5.91 Å². The Morgan fingerprint density at radius 3 is 2.50 bits per heavy atom. The molecule has 0 saturated heterocycles. The van der Waals surface area contributed by atoms with Crippen molar-refractivity contribution in [1.29, 1.82) is 0 Å². The predicted molar refractivity (Wildman–Crippen MR) is 87.0 cm³/mol. The van der Waals surface area contributed by atoms with Gasteiger partial charge in [-0.25, -0.2) is 0 Å². The van der Waals surface area contributed by atoms with Crippen LogP contribution in [0.5, 0.6) is 0 Å². The van der Waals surface area contributed by atoms with Crippen LogP contribution < -0.4 is 11.1 Å². The maximum absolute atomic E-state index is 12.2. The summed E-state index contributed by atoms with van der Waals surface area (Å²) in [5, 5.41) is 3.57. The van der Waals surface area contributed by atoms with E-state index in [1.165, 1.54) is 6.07 Å². The van der Waals surface area contributed by atoms with Gasteiger partial charge in [0.1, 0.15) is 0 Å². The van der Waals surface area contributed by atoms with Crippen molar-refractivity contribution in [2.75, 3.05) is 0 Å². The summed E-state index contributed by atoms with van der Waals surface area (Å²) >= 11 is 5.95. The summed E-state index contributed by atoms with van der Waals surface area (Å²) in [5.41, 5.74) is 6.99. The van der Waals surface area contributed by atoms with Gasteiger partial charge in [-0.15, -0.1) is 0 Å².